The Morgan fingerprint density at radius 2 is 1.92 bits per heavy atom. The SMILES string of the molecule is COC[NH+]([O-])c1ccc(C(=O)Nc2ccc(C3CCCCC3)cc2)o1. The number of hydrogen-bond acceptors (Lipinski definition) is 4. The number of carbonyl (C=O) groups excluding carboxylic acids is 1. The summed E-state index contributed by atoms with van der Waals surface area (Å²) in [5.74, 6) is 0.496. The van der Waals surface area contributed by atoms with Gasteiger partial charge in [0.1, 0.15) is 0 Å². The van der Waals surface area contributed by atoms with E-state index in [2.05, 4.69) is 17.4 Å². The molecule has 3 rings (SSSR count). The van der Waals surface area contributed by atoms with E-state index in [-0.39, 0.29) is 29.3 Å². The van der Waals surface area contributed by atoms with Gasteiger partial charge in [0, 0.05) is 18.9 Å². The number of carbonyl (C=O) groups is 1. The largest absolute Gasteiger partial charge is 0.625 e. The van der Waals surface area contributed by atoms with Crippen LogP contribution < -0.4 is 10.4 Å². The Morgan fingerprint density at radius 1 is 1.20 bits per heavy atom. The topological polar surface area (TPSA) is 79.0 Å². The van der Waals surface area contributed by atoms with Crippen molar-refractivity contribution in [1.29, 1.82) is 0 Å². The van der Waals surface area contributed by atoms with Gasteiger partial charge in [-0.05, 0) is 42.5 Å². The maximum Gasteiger partial charge on any atom is 0.297 e. The highest BCUT2D eigenvalue weighted by atomic mass is 16.6. The molecule has 134 valence electrons. The summed E-state index contributed by atoms with van der Waals surface area (Å²) in [6.07, 6.45) is 6.42. The normalized spacial score (nSPS) is 16.6. The van der Waals surface area contributed by atoms with E-state index in [4.69, 9.17) is 9.15 Å². The van der Waals surface area contributed by atoms with Crippen LogP contribution in [0.3, 0.4) is 0 Å². The number of nitrogens with one attached hydrogen (secondary N) is 2. The van der Waals surface area contributed by atoms with Crippen molar-refractivity contribution in [2.45, 2.75) is 38.0 Å². The van der Waals surface area contributed by atoms with E-state index in [1.54, 1.807) is 0 Å². The molecule has 0 aliphatic heterocycles. The minimum atomic E-state index is -0.373. The van der Waals surface area contributed by atoms with Gasteiger partial charge in [-0.25, -0.2) is 0 Å². The number of benzene rings is 1. The van der Waals surface area contributed by atoms with Crippen LogP contribution in [-0.2, 0) is 4.74 Å². The highest BCUT2D eigenvalue weighted by Gasteiger charge is 2.17. The van der Waals surface area contributed by atoms with Gasteiger partial charge in [-0.2, -0.15) is 0 Å². The van der Waals surface area contributed by atoms with Crippen molar-refractivity contribution >= 4 is 17.5 Å². The fourth-order valence-corrected chi connectivity index (χ4v) is 3.28. The molecule has 25 heavy (non-hydrogen) atoms. The molecule has 0 bridgehead atoms. The van der Waals surface area contributed by atoms with Crippen molar-refractivity contribution in [2.24, 2.45) is 0 Å². The van der Waals surface area contributed by atoms with E-state index in [1.165, 1.54) is 56.9 Å². The maximum atomic E-state index is 12.2. The summed E-state index contributed by atoms with van der Waals surface area (Å²) >= 11 is 0. The molecule has 6 nitrogen and oxygen atoms in total. The number of furan rings is 1. The van der Waals surface area contributed by atoms with Crippen LogP contribution in [0.15, 0.2) is 40.8 Å². The highest BCUT2D eigenvalue weighted by Crippen LogP contribution is 2.33. The zero-order valence-corrected chi connectivity index (χ0v) is 14.4. The minimum Gasteiger partial charge on any atom is -0.625 e. The van der Waals surface area contributed by atoms with E-state index in [9.17, 15) is 10.0 Å². The van der Waals surface area contributed by atoms with Crippen LogP contribution in [0, 0.1) is 5.21 Å². The fraction of sp³-hybridized carbons (Fsp3) is 0.421. The molecule has 1 saturated carbocycles. The van der Waals surface area contributed by atoms with Gasteiger partial charge in [0.2, 0.25) is 0 Å². The van der Waals surface area contributed by atoms with Gasteiger partial charge in [0.25, 0.3) is 11.8 Å². The molecule has 1 aromatic carbocycles. The Balaban J connectivity index is 1.61. The molecular formula is C19H24N2O4. The third kappa shape index (κ3) is 4.48. The Labute approximate surface area is 147 Å². The van der Waals surface area contributed by atoms with E-state index in [1.807, 2.05) is 12.1 Å². The second-order valence-corrected chi connectivity index (χ2v) is 6.43. The van der Waals surface area contributed by atoms with Gasteiger partial charge < -0.3 is 19.7 Å². The van der Waals surface area contributed by atoms with Gasteiger partial charge in [-0.1, -0.05) is 31.4 Å². The van der Waals surface area contributed by atoms with E-state index >= 15 is 0 Å². The Kier molecular flexibility index (Phi) is 5.86. The monoisotopic (exact) mass is 344 g/mol. The maximum absolute atomic E-state index is 12.2. The molecule has 2 N–H and O–H groups in total. The van der Waals surface area contributed by atoms with Crippen LogP contribution in [0.1, 0.15) is 54.1 Å². The summed E-state index contributed by atoms with van der Waals surface area (Å²) in [6, 6.07) is 11.0. The summed E-state index contributed by atoms with van der Waals surface area (Å²) in [5.41, 5.74) is 2.05. The summed E-state index contributed by atoms with van der Waals surface area (Å²) < 4.78 is 10.1. The number of amides is 1. The summed E-state index contributed by atoms with van der Waals surface area (Å²) in [7, 11) is 1.44. The molecule has 1 aliphatic rings. The second-order valence-electron chi connectivity index (χ2n) is 6.43. The van der Waals surface area contributed by atoms with E-state index in [0.29, 0.717) is 11.6 Å². The van der Waals surface area contributed by atoms with Crippen molar-refractivity contribution in [3.63, 3.8) is 0 Å². The molecule has 1 heterocycles. The number of methoxy groups -OCH3 is 1. The lowest BCUT2D eigenvalue weighted by atomic mass is 9.84. The van der Waals surface area contributed by atoms with Gasteiger partial charge in [-0.3, -0.25) is 9.86 Å². The van der Waals surface area contributed by atoms with Crippen LogP contribution >= 0.6 is 0 Å². The first-order valence-electron chi connectivity index (χ1n) is 8.70. The van der Waals surface area contributed by atoms with Gasteiger partial charge in [0.15, 0.2) is 12.5 Å². The standard InChI is InChI=1S/C19H24N2O4/c1-24-13-21(23)18-12-11-17(25-18)19(22)20-16-9-7-15(8-10-16)14-5-3-2-4-6-14/h7-12,14,21H,2-6,13H2,1H3,(H,20,22). The first-order valence-corrected chi connectivity index (χ1v) is 8.70. The van der Waals surface area contributed by atoms with Crippen molar-refractivity contribution in [1.82, 2.24) is 0 Å². The zero-order valence-electron chi connectivity index (χ0n) is 14.4. The Morgan fingerprint density at radius 3 is 2.60 bits per heavy atom. The fourth-order valence-electron chi connectivity index (χ4n) is 3.28. The van der Waals surface area contributed by atoms with Crippen LogP contribution in [0.4, 0.5) is 11.6 Å². The average Bonchev–Trinajstić information content (AvgIpc) is 3.14. The molecule has 2 aromatic rings. The summed E-state index contributed by atoms with van der Waals surface area (Å²) in [5, 5.41) is 14.2. The number of ether oxygens (including phenoxy) is 1. The number of rotatable bonds is 6. The molecule has 0 radical (unpaired) electrons. The predicted octanol–water partition coefficient (Wildman–Crippen LogP) is 3.20. The lowest BCUT2D eigenvalue weighted by molar-refractivity contribution is -0.809. The number of hydrogen-bond donors (Lipinski definition) is 2. The van der Waals surface area contributed by atoms with E-state index in [0.717, 1.165) is 0 Å². The second kappa shape index (κ2) is 8.29. The van der Waals surface area contributed by atoms with Crippen molar-refractivity contribution in [2.75, 3.05) is 19.2 Å². The molecular weight excluding hydrogens is 320 g/mol. The molecule has 1 amide bonds. The lowest BCUT2D eigenvalue weighted by Crippen LogP contribution is -3.02. The lowest BCUT2D eigenvalue weighted by Gasteiger charge is -2.22. The van der Waals surface area contributed by atoms with Crippen LogP contribution in [0.5, 0.6) is 0 Å². The van der Waals surface area contributed by atoms with Crippen molar-refractivity contribution in [3.05, 3.63) is 52.9 Å². The molecule has 6 heteroatoms. The molecule has 1 atom stereocenters. The molecule has 1 fully saturated rings. The van der Waals surface area contributed by atoms with Gasteiger partial charge in [0.05, 0.1) is 0 Å². The number of anilines is 1. The molecule has 1 aromatic heterocycles. The first kappa shape index (κ1) is 17.7. The average molecular weight is 344 g/mol. The quantitative estimate of drug-likeness (QED) is 0.623. The predicted molar refractivity (Wildman–Crippen MR) is 94.8 cm³/mol. The van der Waals surface area contributed by atoms with Crippen molar-refractivity contribution in [3.8, 4) is 0 Å². The number of hydroxylamine groups is 1. The van der Waals surface area contributed by atoms with Crippen LogP contribution in [0.2, 0.25) is 0 Å². The third-order valence-corrected chi connectivity index (χ3v) is 4.63. The molecule has 0 saturated heterocycles. The highest BCUT2D eigenvalue weighted by molar-refractivity contribution is 6.02. The smallest absolute Gasteiger partial charge is 0.297 e. The zero-order chi connectivity index (χ0) is 17.6. The molecule has 1 unspecified atom stereocenters. The molecule has 0 spiro atoms. The minimum absolute atomic E-state index is 0.0722. The van der Waals surface area contributed by atoms with Gasteiger partial charge >= 0.3 is 0 Å². The first-order chi connectivity index (χ1) is 12.2. The molecule has 1 aliphatic carbocycles. The van der Waals surface area contributed by atoms with Crippen molar-refractivity contribution < 1.29 is 19.0 Å². The third-order valence-electron chi connectivity index (χ3n) is 4.63. The summed E-state index contributed by atoms with van der Waals surface area (Å²) in [6.45, 7) is -0.0722. The van der Waals surface area contributed by atoms with Gasteiger partial charge in [-0.15, -0.1) is 0 Å². The number of quaternary nitrogens is 1. The Hall–Kier alpha value is -2.15. The Bertz CT molecular complexity index is 690. The van der Waals surface area contributed by atoms with E-state index < -0.39 is 0 Å². The summed E-state index contributed by atoms with van der Waals surface area (Å²) in [4.78, 5) is 12.2. The van der Waals surface area contributed by atoms with Crippen LogP contribution in [0.25, 0.3) is 0 Å². The van der Waals surface area contributed by atoms with Crippen LogP contribution in [-0.4, -0.2) is 19.7 Å².